The van der Waals surface area contributed by atoms with Crippen LogP contribution < -0.4 is 8.37 Å². The first-order chi connectivity index (χ1) is 16.9. The van der Waals surface area contributed by atoms with Gasteiger partial charge in [0.2, 0.25) is 0 Å². The fraction of sp³-hybridized carbons (Fsp3) is 0.143. The summed E-state index contributed by atoms with van der Waals surface area (Å²) in [7, 11) is -7.91. The lowest BCUT2D eigenvalue weighted by Gasteiger charge is -2.10. The minimum Gasteiger partial charge on any atom is -0.379 e. The molecule has 4 aromatic carbocycles. The summed E-state index contributed by atoms with van der Waals surface area (Å²) in [4.78, 5) is 0.196. The van der Waals surface area contributed by atoms with Crippen LogP contribution in [-0.2, 0) is 20.2 Å². The molecular formula is C28H26O6S2. The van der Waals surface area contributed by atoms with E-state index in [0.717, 1.165) is 33.4 Å². The minimum atomic E-state index is -3.95. The van der Waals surface area contributed by atoms with E-state index in [-0.39, 0.29) is 21.3 Å². The highest BCUT2D eigenvalue weighted by Gasteiger charge is 2.19. The van der Waals surface area contributed by atoms with Gasteiger partial charge < -0.3 is 8.37 Å². The van der Waals surface area contributed by atoms with E-state index >= 15 is 0 Å². The van der Waals surface area contributed by atoms with Crippen LogP contribution in [0, 0.1) is 27.7 Å². The number of rotatable bonds is 7. The predicted octanol–water partition coefficient (Wildman–Crippen LogP) is 6.12. The van der Waals surface area contributed by atoms with Gasteiger partial charge in [0.25, 0.3) is 0 Å². The van der Waals surface area contributed by atoms with Gasteiger partial charge in [0.15, 0.2) is 0 Å². The van der Waals surface area contributed by atoms with Gasteiger partial charge in [-0.3, -0.25) is 0 Å². The molecule has 0 fully saturated rings. The molecule has 4 rings (SSSR count). The Kier molecular flexibility index (Phi) is 6.93. The summed E-state index contributed by atoms with van der Waals surface area (Å²) in [5.41, 5.74) is 5.33. The van der Waals surface area contributed by atoms with E-state index < -0.39 is 20.2 Å². The highest BCUT2D eigenvalue weighted by atomic mass is 32.2. The van der Waals surface area contributed by atoms with Crippen molar-refractivity contribution in [3.8, 4) is 22.6 Å². The van der Waals surface area contributed by atoms with E-state index in [0.29, 0.717) is 0 Å². The van der Waals surface area contributed by atoms with E-state index in [2.05, 4.69) is 0 Å². The maximum atomic E-state index is 12.6. The zero-order valence-electron chi connectivity index (χ0n) is 20.3. The topological polar surface area (TPSA) is 86.7 Å². The lowest BCUT2D eigenvalue weighted by molar-refractivity contribution is 0.484. The number of aryl methyl sites for hydroxylation is 4. The van der Waals surface area contributed by atoms with Gasteiger partial charge >= 0.3 is 20.2 Å². The number of benzene rings is 4. The van der Waals surface area contributed by atoms with Crippen molar-refractivity contribution in [3.63, 3.8) is 0 Å². The van der Waals surface area contributed by atoms with Crippen LogP contribution in [0.4, 0.5) is 0 Å². The smallest absolute Gasteiger partial charge is 0.339 e. The predicted molar refractivity (Wildman–Crippen MR) is 139 cm³/mol. The van der Waals surface area contributed by atoms with Crippen LogP contribution >= 0.6 is 0 Å². The fourth-order valence-corrected chi connectivity index (χ4v) is 5.53. The lowest BCUT2D eigenvalue weighted by Crippen LogP contribution is -2.10. The van der Waals surface area contributed by atoms with Gasteiger partial charge in [-0.05, 0) is 110 Å². The van der Waals surface area contributed by atoms with Gasteiger partial charge in [-0.25, -0.2) is 0 Å². The molecular weight excluding hydrogens is 496 g/mol. The van der Waals surface area contributed by atoms with Crippen molar-refractivity contribution in [3.05, 3.63) is 107 Å². The molecule has 0 atom stereocenters. The van der Waals surface area contributed by atoms with Gasteiger partial charge in [-0.2, -0.15) is 16.8 Å². The Hall–Kier alpha value is -3.62. The van der Waals surface area contributed by atoms with Gasteiger partial charge in [-0.15, -0.1) is 0 Å². The zero-order valence-corrected chi connectivity index (χ0v) is 22.0. The van der Waals surface area contributed by atoms with Crippen LogP contribution in [0.25, 0.3) is 11.1 Å². The van der Waals surface area contributed by atoms with Crippen LogP contribution in [0.3, 0.4) is 0 Å². The monoisotopic (exact) mass is 522 g/mol. The summed E-state index contributed by atoms with van der Waals surface area (Å²) in [5.74, 6) is 0.382. The molecule has 4 aromatic rings. The molecule has 0 radical (unpaired) electrons. The van der Waals surface area contributed by atoms with Crippen LogP contribution in [0.1, 0.15) is 22.3 Å². The average molecular weight is 523 g/mol. The zero-order chi connectivity index (χ0) is 26.1. The van der Waals surface area contributed by atoms with Crippen LogP contribution in [-0.4, -0.2) is 16.8 Å². The molecule has 0 heterocycles. The molecule has 0 aromatic heterocycles. The Morgan fingerprint density at radius 1 is 0.444 bits per heavy atom. The van der Waals surface area contributed by atoms with E-state index in [1.807, 2.05) is 27.7 Å². The van der Waals surface area contributed by atoms with Gasteiger partial charge in [0.1, 0.15) is 21.3 Å². The molecule has 0 bridgehead atoms. The quantitative estimate of drug-likeness (QED) is 0.272. The second kappa shape index (κ2) is 9.79. The lowest BCUT2D eigenvalue weighted by atomic mass is 10.1. The third kappa shape index (κ3) is 5.61. The number of hydrogen-bond donors (Lipinski definition) is 0. The largest absolute Gasteiger partial charge is 0.379 e. The molecule has 0 N–H and O–H groups in total. The van der Waals surface area contributed by atoms with Gasteiger partial charge in [0, 0.05) is 0 Å². The molecule has 36 heavy (non-hydrogen) atoms. The first-order valence-electron chi connectivity index (χ1n) is 11.2. The van der Waals surface area contributed by atoms with E-state index in [1.165, 1.54) is 12.1 Å². The molecule has 186 valence electrons. The molecule has 8 heteroatoms. The summed E-state index contributed by atoms with van der Waals surface area (Å²) in [6.07, 6.45) is 0. The normalized spacial score (nSPS) is 11.8. The fourth-order valence-electron chi connectivity index (χ4n) is 3.49. The van der Waals surface area contributed by atoms with E-state index in [4.69, 9.17) is 8.37 Å². The van der Waals surface area contributed by atoms with E-state index in [9.17, 15) is 16.8 Å². The molecule has 0 aliphatic carbocycles. The highest BCUT2D eigenvalue weighted by molar-refractivity contribution is 7.87. The van der Waals surface area contributed by atoms with E-state index in [1.54, 1.807) is 72.8 Å². The van der Waals surface area contributed by atoms with Crippen molar-refractivity contribution in [1.82, 2.24) is 0 Å². The van der Waals surface area contributed by atoms with Crippen LogP contribution in [0.15, 0.2) is 94.7 Å². The molecule has 6 nitrogen and oxygen atoms in total. The van der Waals surface area contributed by atoms with Crippen LogP contribution in [0.5, 0.6) is 11.5 Å². The first-order valence-corrected chi connectivity index (χ1v) is 14.0. The molecule has 0 spiro atoms. The standard InChI is InChI=1S/C28H26O6S2/c1-19-5-15-27(17-21(19)3)35(29,30)33-25-11-7-23(8-12-25)24-9-13-26(14-10-24)34-36(31,32)28-16-6-20(2)22(4)18-28/h5-18H,1-4H3. The summed E-state index contributed by atoms with van der Waals surface area (Å²) in [5, 5.41) is 0. The summed E-state index contributed by atoms with van der Waals surface area (Å²) >= 11 is 0. The Balaban J connectivity index is 1.47. The highest BCUT2D eigenvalue weighted by Crippen LogP contribution is 2.28. The van der Waals surface area contributed by atoms with Crippen molar-refractivity contribution in [2.24, 2.45) is 0 Å². The summed E-state index contributed by atoms with van der Waals surface area (Å²) < 4.78 is 61.1. The summed E-state index contributed by atoms with van der Waals surface area (Å²) in [6, 6.07) is 22.9. The first kappa shape index (κ1) is 25.5. The molecule has 0 saturated carbocycles. The molecule has 0 unspecified atom stereocenters. The molecule has 0 aliphatic heterocycles. The molecule has 0 saturated heterocycles. The van der Waals surface area contributed by atoms with Crippen LogP contribution in [0.2, 0.25) is 0 Å². The maximum Gasteiger partial charge on any atom is 0.339 e. The van der Waals surface area contributed by atoms with Crippen molar-refractivity contribution < 1.29 is 25.2 Å². The van der Waals surface area contributed by atoms with Crippen molar-refractivity contribution >= 4 is 20.2 Å². The van der Waals surface area contributed by atoms with Crippen molar-refractivity contribution in [2.45, 2.75) is 37.5 Å². The van der Waals surface area contributed by atoms with Gasteiger partial charge in [-0.1, -0.05) is 36.4 Å². The van der Waals surface area contributed by atoms with Crippen molar-refractivity contribution in [2.75, 3.05) is 0 Å². The third-order valence-corrected chi connectivity index (χ3v) is 8.47. The third-order valence-electron chi connectivity index (χ3n) is 5.99. The Morgan fingerprint density at radius 2 is 0.778 bits per heavy atom. The number of hydrogen-bond acceptors (Lipinski definition) is 6. The SMILES string of the molecule is Cc1ccc(S(=O)(=O)Oc2ccc(-c3ccc(OS(=O)(=O)c4ccc(C)c(C)c4)cc3)cc2)cc1C. The van der Waals surface area contributed by atoms with Crippen molar-refractivity contribution in [1.29, 1.82) is 0 Å². The Bertz CT molecular complexity index is 1500. The molecule has 0 aliphatic rings. The Morgan fingerprint density at radius 3 is 1.08 bits per heavy atom. The summed E-state index contributed by atoms with van der Waals surface area (Å²) in [6.45, 7) is 7.51. The minimum absolute atomic E-state index is 0.0982. The maximum absolute atomic E-state index is 12.6. The molecule has 0 amide bonds. The Labute approximate surface area is 212 Å². The second-order valence-electron chi connectivity index (χ2n) is 8.62. The van der Waals surface area contributed by atoms with Gasteiger partial charge in [0.05, 0.1) is 0 Å². The average Bonchev–Trinajstić information content (AvgIpc) is 2.83. The second-order valence-corrected chi connectivity index (χ2v) is 11.7.